The number of thioether (sulfide) groups is 1. The lowest BCUT2D eigenvalue weighted by molar-refractivity contribution is -0.141. The molecule has 1 aromatic heterocycles. The second-order valence-corrected chi connectivity index (χ2v) is 5.86. The van der Waals surface area contributed by atoms with Crippen molar-refractivity contribution in [3.8, 4) is 0 Å². The summed E-state index contributed by atoms with van der Waals surface area (Å²) in [6.45, 7) is 3.45. The van der Waals surface area contributed by atoms with Crippen LogP contribution in [0.4, 0.5) is 24.9 Å². The van der Waals surface area contributed by atoms with E-state index in [2.05, 4.69) is 22.2 Å². The summed E-state index contributed by atoms with van der Waals surface area (Å²) < 4.78 is 38.4. The van der Waals surface area contributed by atoms with E-state index in [1.807, 2.05) is 16.7 Å². The van der Waals surface area contributed by atoms with Crippen molar-refractivity contribution in [3.63, 3.8) is 0 Å². The van der Waals surface area contributed by atoms with Crippen LogP contribution in [-0.2, 0) is 6.18 Å². The Bertz CT molecular complexity index is 452. The molecule has 19 heavy (non-hydrogen) atoms. The number of alkyl halides is 3. The summed E-state index contributed by atoms with van der Waals surface area (Å²) in [7, 11) is 1.51. The highest BCUT2D eigenvalue weighted by Gasteiger charge is 2.34. The van der Waals surface area contributed by atoms with Crippen LogP contribution >= 0.6 is 11.8 Å². The summed E-state index contributed by atoms with van der Waals surface area (Å²) >= 11 is 1.81. The summed E-state index contributed by atoms with van der Waals surface area (Å²) in [5.74, 6) is 1.22. The molecule has 1 saturated heterocycles. The topological polar surface area (TPSA) is 41.1 Å². The molecule has 4 nitrogen and oxygen atoms in total. The second-order valence-electron chi connectivity index (χ2n) is 4.31. The average molecular weight is 292 g/mol. The van der Waals surface area contributed by atoms with Gasteiger partial charge in [-0.2, -0.15) is 29.9 Å². The summed E-state index contributed by atoms with van der Waals surface area (Å²) in [6, 6.07) is 1.02. The van der Waals surface area contributed by atoms with E-state index >= 15 is 0 Å². The molecule has 1 aromatic rings. The molecule has 0 aliphatic carbocycles. The van der Waals surface area contributed by atoms with Gasteiger partial charge in [0.25, 0.3) is 0 Å². The van der Waals surface area contributed by atoms with Crippen LogP contribution in [0.3, 0.4) is 0 Å². The zero-order valence-electron chi connectivity index (χ0n) is 10.7. The molecular formula is C11H15F3N4S. The summed E-state index contributed by atoms with van der Waals surface area (Å²) in [6.07, 6.45) is -4.46. The minimum atomic E-state index is -4.46. The van der Waals surface area contributed by atoms with Crippen molar-refractivity contribution >= 4 is 23.5 Å². The molecule has 0 spiro atoms. The van der Waals surface area contributed by atoms with Crippen LogP contribution in [0, 0.1) is 0 Å². The van der Waals surface area contributed by atoms with Crippen LogP contribution in [0.1, 0.15) is 12.6 Å². The Balaban J connectivity index is 2.34. The maximum Gasteiger partial charge on any atom is 0.433 e. The summed E-state index contributed by atoms with van der Waals surface area (Å²) in [4.78, 5) is 9.45. The molecule has 2 rings (SSSR count). The van der Waals surface area contributed by atoms with Gasteiger partial charge in [0.05, 0.1) is 0 Å². The first-order valence-electron chi connectivity index (χ1n) is 5.90. The van der Waals surface area contributed by atoms with Crippen molar-refractivity contribution in [2.24, 2.45) is 0 Å². The lowest BCUT2D eigenvalue weighted by Gasteiger charge is -2.31. The van der Waals surface area contributed by atoms with E-state index in [-0.39, 0.29) is 5.95 Å². The zero-order valence-corrected chi connectivity index (χ0v) is 11.5. The Labute approximate surface area is 113 Å². The minimum Gasteiger partial charge on any atom is -0.357 e. The predicted molar refractivity (Wildman–Crippen MR) is 70.7 cm³/mol. The average Bonchev–Trinajstić information content (AvgIpc) is 2.37. The van der Waals surface area contributed by atoms with Gasteiger partial charge in [0.2, 0.25) is 5.95 Å². The van der Waals surface area contributed by atoms with Gasteiger partial charge in [-0.1, -0.05) is 6.92 Å². The minimum absolute atomic E-state index is 0.00398. The predicted octanol–water partition coefficient (Wildman–Crippen LogP) is 2.48. The van der Waals surface area contributed by atoms with Gasteiger partial charge >= 0.3 is 6.18 Å². The first-order valence-corrected chi connectivity index (χ1v) is 6.95. The Hall–Kier alpha value is -1.18. The highest BCUT2D eigenvalue weighted by molar-refractivity contribution is 8.00. The largest absolute Gasteiger partial charge is 0.433 e. The van der Waals surface area contributed by atoms with Gasteiger partial charge in [-0.3, -0.25) is 0 Å². The molecule has 0 amide bonds. The van der Waals surface area contributed by atoms with Crippen LogP contribution in [0.15, 0.2) is 6.07 Å². The number of halogens is 3. The molecule has 0 bridgehead atoms. The van der Waals surface area contributed by atoms with Crippen LogP contribution < -0.4 is 10.2 Å². The van der Waals surface area contributed by atoms with Crippen molar-refractivity contribution in [2.75, 3.05) is 36.1 Å². The number of hydrogen-bond acceptors (Lipinski definition) is 5. The van der Waals surface area contributed by atoms with Gasteiger partial charge in [-0.15, -0.1) is 0 Å². The number of aromatic nitrogens is 2. The molecule has 1 unspecified atom stereocenters. The Morgan fingerprint density at radius 3 is 2.74 bits per heavy atom. The lowest BCUT2D eigenvalue weighted by Crippen LogP contribution is -2.37. The normalized spacial score (nSPS) is 20.5. The van der Waals surface area contributed by atoms with Crippen molar-refractivity contribution < 1.29 is 13.2 Å². The van der Waals surface area contributed by atoms with Crippen LogP contribution in [0.5, 0.6) is 0 Å². The summed E-state index contributed by atoms with van der Waals surface area (Å²) in [5, 5.41) is 2.96. The molecular weight excluding hydrogens is 277 g/mol. The SMILES string of the molecule is CNc1nc(N2CCSC(C)C2)cc(C(F)(F)F)n1. The van der Waals surface area contributed by atoms with Crippen molar-refractivity contribution in [2.45, 2.75) is 18.3 Å². The number of hydrogen-bond donors (Lipinski definition) is 1. The molecule has 1 aliphatic rings. The van der Waals surface area contributed by atoms with Crippen LogP contribution in [0.2, 0.25) is 0 Å². The van der Waals surface area contributed by atoms with E-state index in [1.54, 1.807) is 0 Å². The van der Waals surface area contributed by atoms with Crippen LogP contribution in [0.25, 0.3) is 0 Å². The molecule has 1 N–H and O–H groups in total. The standard InChI is InChI=1S/C11H15F3N4S/c1-7-6-18(3-4-19-7)9-5-8(11(12,13)14)16-10(15-2)17-9/h5,7H,3-4,6H2,1-2H3,(H,15,16,17). The number of nitrogens with one attached hydrogen (secondary N) is 1. The fourth-order valence-electron chi connectivity index (χ4n) is 1.88. The Morgan fingerprint density at radius 2 is 2.16 bits per heavy atom. The third kappa shape index (κ3) is 3.43. The van der Waals surface area contributed by atoms with Crippen molar-refractivity contribution in [1.29, 1.82) is 0 Å². The van der Waals surface area contributed by atoms with E-state index in [0.29, 0.717) is 24.2 Å². The van der Waals surface area contributed by atoms with Gasteiger partial charge in [-0.25, -0.2) is 4.98 Å². The van der Waals surface area contributed by atoms with Crippen LogP contribution in [-0.4, -0.2) is 41.1 Å². The molecule has 106 valence electrons. The summed E-state index contributed by atoms with van der Waals surface area (Å²) in [5.41, 5.74) is -0.910. The lowest BCUT2D eigenvalue weighted by atomic mass is 10.3. The molecule has 1 aliphatic heterocycles. The molecule has 0 aromatic carbocycles. The molecule has 8 heteroatoms. The number of nitrogens with zero attached hydrogens (tertiary/aromatic N) is 3. The first-order chi connectivity index (χ1) is 8.90. The maximum absolute atomic E-state index is 12.8. The molecule has 1 fully saturated rings. The van der Waals surface area contributed by atoms with Gasteiger partial charge < -0.3 is 10.2 Å². The molecule has 0 saturated carbocycles. The second kappa shape index (κ2) is 5.44. The van der Waals surface area contributed by atoms with Crippen molar-refractivity contribution in [1.82, 2.24) is 9.97 Å². The third-order valence-electron chi connectivity index (χ3n) is 2.79. The first kappa shape index (κ1) is 14.2. The van der Waals surface area contributed by atoms with Gasteiger partial charge in [0.1, 0.15) is 5.82 Å². The highest BCUT2D eigenvalue weighted by atomic mass is 32.2. The molecule has 2 heterocycles. The van der Waals surface area contributed by atoms with E-state index in [0.717, 1.165) is 11.8 Å². The molecule has 0 radical (unpaired) electrons. The zero-order chi connectivity index (χ0) is 14.0. The Morgan fingerprint density at radius 1 is 1.42 bits per heavy atom. The number of rotatable bonds is 2. The smallest absolute Gasteiger partial charge is 0.357 e. The highest BCUT2D eigenvalue weighted by Crippen LogP contribution is 2.31. The van der Waals surface area contributed by atoms with Gasteiger partial charge in [0, 0.05) is 37.2 Å². The fraction of sp³-hybridized carbons (Fsp3) is 0.636. The van der Waals surface area contributed by atoms with E-state index in [1.165, 1.54) is 7.05 Å². The van der Waals surface area contributed by atoms with Gasteiger partial charge in [0.15, 0.2) is 5.69 Å². The quantitative estimate of drug-likeness (QED) is 0.907. The fourth-order valence-corrected chi connectivity index (χ4v) is 2.89. The van der Waals surface area contributed by atoms with E-state index < -0.39 is 11.9 Å². The molecule has 1 atom stereocenters. The Kier molecular flexibility index (Phi) is 4.07. The third-order valence-corrected chi connectivity index (χ3v) is 3.93. The van der Waals surface area contributed by atoms with E-state index in [9.17, 15) is 13.2 Å². The van der Waals surface area contributed by atoms with Gasteiger partial charge in [-0.05, 0) is 0 Å². The van der Waals surface area contributed by atoms with Crippen molar-refractivity contribution in [3.05, 3.63) is 11.8 Å². The monoisotopic (exact) mass is 292 g/mol. The van der Waals surface area contributed by atoms with E-state index in [4.69, 9.17) is 0 Å². The maximum atomic E-state index is 12.8. The number of anilines is 2.